The molecule has 0 amide bonds. The first-order valence-corrected chi connectivity index (χ1v) is 6.78. The van der Waals surface area contributed by atoms with Crippen LogP contribution in [0.3, 0.4) is 0 Å². The van der Waals surface area contributed by atoms with E-state index in [0.717, 1.165) is 10.4 Å². The van der Waals surface area contributed by atoms with Gasteiger partial charge in [0.15, 0.2) is 0 Å². The first-order chi connectivity index (χ1) is 9.70. The average molecular weight is 285 g/mol. The monoisotopic (exact) mass is 285 g/mol. The number of fused-ring (bicyclic) bond motifs is 1. The lowest BCUT2D eigenvalue weighted by molar-refractivity contribution is 0.0601. The Hall–Kier alpha value is -2.40. The standard InChI is InChI=1S/C15H11NO3S/c1-19-15(18)10-7-8-12-13(9-10)20-16(14(12)17)11-5-3-2-4-6-11/h2-9H,1H3. The number of benzene rings is 2. The van der Waals surface area contributed by atoms with Crippen molar-refractivity contribution in [1.29, 1.82) is 0 Å². The van der Waals surface area contributed by atoms with Crippen LogP contribution in [0.4, 0.5) is 0 Å². The molecule has 0 saturated heterocycles. The molecule has 0 fully saturated rings. The Kier molecular flexibility index (Phi) is 3.12. The van der Waals surface area contributed by atoms with Crippen LogP contribution in [0.25, 0.3) is 15.8 Å². The summed E-state index contributed by atoms with van der Waals surface area (Å²) in [6, 6.07) is 14.4. The largest absolute Gasteiger partial charge is 0.465 e. The molecular formula is C15H11NO3S. The zero-order valence-corrected chi connectivity index (χ0v) is 11.5. The molecule has 4 nitrogen and oxygen atoms in total. The second-order valence-electron chi connectivity index (χ2n) is 4.23. The van der Waals surface area contributed by atoms with Crippen molar-refractivity contribution in [2.24, 2.45) is 0 Å². The third-order valence-corrected chi connectivity index (χ3v) is 4.09. The van der Waals surface area contributed by atoms with Crippen molar-refractivity contribution in [3.05, 3.63) is 64.4 Å². The minimum atomic E-state index is -0.404. The van der Waals surface area contributed by atoms with Crippen LogP contribution in [0.15, 0.2) is 53.3 Å². The number of hydrogen-bond donors (Lipinski definition) is 0. The van der Waals surface area contributed by atoms with Gasteiger partial charge in [0.2, 0.25) is 0 Å². The molecule has 20 heavy (non-hydrogen) atoms. The van der Waals surface area contributed by atoms with Crippen molar-refractivity contribution < 1.29 is 9.53 Å². The molecule has 100 valence electrons. The van der Waals surface area contributed by atoms with E-state index in [9.17, 15) is 9.59 Å². The van der Waals surface area contributed by atoms with Gasteiger partial charge >= 0.3 is 5.97 Å². The number of carbonyl (C=O) groups excluding carboxylic acids is 1. The van der Waals surface area contributed by atoms with Gasteiger partial charge in [-0.2, -0.15) is 0 Å². The highest BCUT2D eigenvalue weighted by atomic mass is 32.1. The van der Waals surface area contributed by atoms with Crippen molar-refractivity contribution >= 4 is 27.6 Å². The van der Waals surface area contributed by atoms with Gasteiger partial charge in [-0.25, -0.2) is 8.75 Å². The van der Waals surface area contributed by atoms with Gasteiger partial charge in [-0.15, -0.1) is 0 Å². The number of methoxy groups -OCH3 is 1. The molecule has 0 aliphatic rings. The van der Waals surface area contributed by atoms with Gasteiger partial charge in [0.05, 0.1) is 28.4 Å². The van der Waals surface area contributed by atoms with Crippen LogP contribution in [0, 0.1) is 0 Å². The number of ether oxygens (including phenoxy) is 1. The highest BCUT2D eigenvalue weighted by Gasteiger charge is 2.12. The van der Waals surface area contributed by atoms with Crippen LogP contribution in [-0.2, 0) is 4.74 Å². The van der Waals surface area contributed by atoms with Crippen molar-refractivity contribution in [3.8, 4) is 5.69 Å². The molecule has 0 atom stereocenters. The SMILES string of the molecule is COC(=O)c1ccc2c(=O)n(-c3ccccc3)sc2c1. The fourth-order valence-corrected chi connectivity index (χ4v) is 3.04. The minimum Gasteiger partial charge on any atom is -0.465 e. The maximum Gasteiger partial charge on any atom is 0.337 e. The molecule has 0 unspecified atom stereocenters. The number of rotatable bonds is 2. The summed E-state index contributed by atoms with van der Waals surface area (Å²) < 4.78 is 7.07. The Morgan fingerprint density at radius 2 is 1.90 bits per heavy atom. The number of aromatic nitrogens is 1. The smallest absolute Gasteiger partial charge is 0.337 e. The predicted molar refractivity (Wildman–Crippen MR) is 78.8 cm³/mol. The van der Waals surface area contributed by atoms with E-state index in [2.05, 4.69) is 4.74 Å². The fraction of sp³-hybridized carbons (Fsp3) is 0.0667. The molecule has 0 radical (unpaired) electrons. The minimum absolute atomic E-state index is 0.0763. The van der Waals surface area contributed by atoms with Gasteiger partial charge in [-0.1, -0.05) is 29.7 Å². The summed E-state index contributed by atoms with van der Waals surface area (Å²) in [7, 11) is 1.34. The van der Waals surface area contributed by atoms with E-state index in [1.807, 2.05) is 30.3 Å². The Morgan fingerprint density at radius 3 is 2.60 bits per heavy atom. The number of carbonyl (C=O) groups is 1. The molecule has 0 bridgehead atoms. The molecule has 0 N–H and O–H groups in total. The molecule has 2 aromatic carbocycles. The van der Waals surface area contributed by atoms with Crippen LogP contribution < -0.4 is 5.56 Å². The van der Waals surface area contributed by atoms with Gasteiger partial charge in [0.25, 0.3) is 5.56 Å². The molecule has 0 aliphatic heterocycles. The van der Waals surface area contributed by atoms with Crippen molar-refractivity contribution in [3.63, 3.8) is 0 Å². The lowest BCUT2D eigenvalue weighted by atomic mass is 10.2. The Morgan fingerprint density at radius 1 is 1.15 bits per heavy atom. The van der Waals surface area contributed by atoms with Crippen LogP contribution in [-0.4, -0.2) is 17.0 Å². The summed E-state index contributed by atoms with van der Waals surface area (Å²) in [6.45, 7) is 0. The van der Waals surface area contributed by atoms with Crippen LogP contribution >= 0.6 is 11.5 Å². The van der Waals surface area contributed by atoms with Gasteiger partial charge < -0.3 is 4.74 Å². The molecule has 5 heteroatoms. The van der Waals surface area contributed by atoms with E-state index in [1.54, 1.807) is 22.2 Å². The van der Waals surface area contributed by atoms with E-state index in [1.165, 1.54) is 18.6 Å². The van der Waals surface area contributed by atoms with E-state index >= 15 is 0 Å². The topological polar surface area (TPSA) is 48.3 Å². The van der Waals surface area contributed by atoms with Crippen molar-refractivity contribution in [1.82, 2.24) is 3.96 Å². The average Bonchev–Trinajstić information content (AvgIpc) is 2.84. The summed E-state index contributed by atoms with van der Waals surface area (Å²) >= 11 is 1.32. The summed E-state index contributed by atoms with van der Waals surface area (Å²) in [6.07, 6.45) is 0. The van der Waals surface area contributed by atoms with Crippen LogP contribution in [0.5, 0.6) is 0 Å². The van der Waals surface area contributed by atoms with Gasteiger partial charge in [-0.3, -0.25) is 4.79 Å². The third-order valence-electron chi connectivity index (χ3n) is 3.00. The quantitative estimate of drug-likeness (QED) is 0.680. The first kappa shape index (κ1) is 12.6. The molecular weight excluding hydrogens is 274 g/mol. The van der Waals surface area contributed by atoms with Crippen LogP contribution in [0.1, 0.15) is 10.4 Å². The maximum atomic E-state index is 12.3. The molecule has 0 aliphatic carbocycles. The second-order valence-corrected chi connectivity index (χ2v) is 5.22. The number of hydrogen-bond acceptors (Lipinski definition) is 4. The summed E-state index contributed by atoms with van der Waals surface area (Å²) in [4.78, 5) is 23.9. The Balaban J connectivity index is 2.20. The summed E-state index contributed by atoms with van der Waals surface area (Å²) in [5.41, 5.74) is 1.19. The highest BCUT2D eigenvalue weighted by molar-refractivity contribution is 7.14. The summed E-state index contributed by atoms with van der Waals surface area (Å²) in [5, 5.41) is 0.603. The van der Waals surface area contributed by atoms with Crippen molar-refractivity contribution in [2.75, 3.05) is 7.11 Å². The lowest BCUT2D eigenvalue weighted by Crippen LogP contribution is -2.10. The van der Waals surface area contributed by atoms with Crippen molar-refractivity contribution in [2.45, 2.75) is 0 Å². The number of nitrogens with zero attached hydrogens (tertiary/aromatic N) is 1. The second kappa shape index (κ2) is 4.94. The zero-order chi connectivity index (χ0) is 14.1. The number of esters is 1. The molecule has 3 aromatic rings. The summed E-state index contributed by atoms with van der Waals surface area (Å²) in [5.74, 6) is -0.404. The molecule has 1 aromatic heterocycles. The van der Waals surface area contributed by atoms with E-state index in [-0.39, 0.29) is 5.56 Å². The molecule has 1 heterocycles. The first-order valence-electron chi connectivity index (χ1n) is 6.00. The number of para-hydroxylation sites is 1. The highest BCUT2D eigenvalue weighted by Crippen LogP contribution is 2.21. The third kappa shape index (κ3) is 2.02. The lowest BCUT2D eigenvalue weighted by Gasteiger charge is -1.97. The Bertz CT molecular complexity index is 833. The predicted octanol–water partition coefficient (Wildman–Crippen LogP) is 2.84. The van der Waals surface area contributed by atoms with E-state index in [4.69, 9.17) is 0 Å². The Labute approximate surface area is 119 Å². The zero-order valence-electron chi connectivity index (χ0n) is 10.7. The van der Waals surface area contributed by atoms with Crippen LogP contribution in [0.2, 0.25) is 0 Å². The maximum absolute atomic E-state index is 12.3. The molecule has 3 rings (SSSR count). The van der Waals surface area contributed by atoms with E-state index < -0.39 is 5.97 Å². The van der Waals surface area contributed by atoms with Gasteiger partial charge in [0.1, 0.15) is 0 Å². The van der Waals surface area contributed by atoms with E-state index in [0.29, 0.717) is 10.9 Å². The van der Waals surface area contributed by atoms with Gasteiger partial charge in [0, 0.05) is 0 Å². The normalized spacial score (nSPS) is 10.7. The van der Waals surface area contributed by atoms with Gasteiger partial charge in [-0.05, 0) is 30.3 Å². The fourth-order valence-electron chi connectivity index (χ4n) is 2.00. The molecule has 0 spiro atoms. The molecule has 0 saturated carbocycles.